The van der Waals surface area contributed by atoms with Crippen LogP contribution in [0.5, 0.6) is 0 Å². The lowest BCUT2D eigenvalue weighted by molar-refractivity contribution is -0.125. The fourth-order valence-electron chi connectivity index (χ4n) is 7.15. The molecule has 378 valence electrons. The van der Waals surface area contributed by atoms with Crippen molar-refractivity contribution in [2.45, 2.75) is 118 Å². The molecular formula is C48H75F2N11O7. The van der Waals surface area contributed by atoms with Gasteiger partial charge in [0.1, 0.15) is 23.8 Å². The number of nitrogens with two attached hydrogens (primary N) is 1. The van der Waals surface area contributed by atoms with E-state index in [-0.39, 0.29) is 61.0 Å². The van der Waals surface area contributed by atoms with Crippen LogP contribution in [0.3, 0.4) is 0 Å². The fourth-order valence-corrected chi connectivity index (χ4v) is 7.15. The average molecular weight is 956 g/mol. The van der Waals surface area contributed by atoms with Crippen molar-refractivity contribution in [2.24, 2.45) is 28.9 Å². The molecule has 3 amide bonds. The predicted molar refractivity (Wildman–Crippen MR) is 259 cm³/mol. The second-order valence-electron chi connectivity index (χ2n) is 17.8. The van der Waals surface area contributed by atoms with Crippen LogP contribution in [0.4, 0.5) is 20.3 Å². The smallest absolute Gasteiger partial charge is 0.246 e. The number of aromatic nitrogens is 5. The molecule has 3 heterocycles. The maximum absolute atomic E-state index is 14.9. The molecule has 3 aliphatic rings. The summed E-state index contributed by atoms with van der Waals surface area (Å²) in [6, 6.07) is 7.92. The van der Waals surface area contributed by atoms with Crippen molar-refractivity contribution in [3.63, 3.8) is 0 Å². The minimum absolute atomic E-state index is 0.0432. The van der Waals surface area contributed by atoms with Crippen LogP contribution in [0.2, 0.25) is 0 Å². The number of likely N-dealkylation sites (N-methyl/N-ethyl adjacent to an activating group) is 1. The van der Waals surface area contributed by atoms with Gasteiger partial charge in [-0.15, -0.1) is 0 Å². The second kappa shape index (κ2) is 31.5. The number of nitrogens with one attached hydrogen (secondary N) is 5. The molecule has 0 saturated heterocycles. The Morgan fingerprint density at radius 2 is 1.69 bits per heavy atom. The highest BCUT2D eigenvalue weighted by molar-refractivity contribution is 5.97. The Kier molecular flexibility index (Phi) is 27.1. The summed E-state index contributed by atoms with van der Waals surface area (Å²) in [5.41, 5.74) is 8.32. The van der Waals surface area contributed by atoms with Gasteiger partial charge in [0, 0.05) is 23.8 Å². The normalized spacial score (nSPS) is 16.2. The quantitative estimate of drug-likeness (QED) is 0.0232. The number of anilines is 2. The molecule has 3 aromatic heterocycles. The van der Waals surface area contributed by atoms with E-state index in [0.717, 1.165) is 62.4 Å². The highest BCUT2D eigenvalue weighted by Gasteiger charge is 2.36. The lowest BCUT2D eigenvalue weighted by Gasteiger charge is -2.42. The van der Waals surface area contributed by atoms with Crippen LogP contribution in [-0.2, 0) is 30.5 Å². The van der Waals surface area contributed by atoms with E-state index in [2.05, 4.69) is 69.0 Å². The van der Waals surface area contributed by atoms with E-state index >= 15 is 0 Å². The summed E-state index contributed by atoms with van der Waals surface area (Å²) < 4.78 is 35.8. The molecule has 2 atom stereocenters. The molecule has 0 aliphatic heterocycles. The summed E-state index contributed by atoms with van der Waals surface area (Å²) in [4.78, 5) is 56.4. The number of ether oxygens (including phenoxy) is 1. The van der Waals surface area contributed by atoms with Crippen LogP contribution in [0.1, 0.15) is 105 Å². The van der Waals surface area contributed by atoms with Crippen molar-refractivity contribution in [1.82, 2.24) is 40.8 Å². The maximum Gasteiger partial charge on any atom is 0.246 e. The molecule has 18 nitrogen and oxygen atoms in total. The number of hydrogen-bond acceptors (Lipinski definition) is 14. The van der Waals surface area contributed by atoms with Crippen molar-refractivity contribution in [3.8, 4) is 11.5 Å². The van der Waals surface area contributed by atoms with Gasteiger partial charge >= 0.3 is 0 Å². The van der Waals surface area contributed by atoms with E-state index in [1.165, 1.54) is 30.8 Å². The van der Waals surface area contributed by atoms with Crippen molar-refractivity contribution >= 4 is 47.0 Å². The minimum Gasteiger partial charge on any atom is -0.394 e. The van der Waals surface area contributed by atoms with Crippen LogP contribution < -0.4 is 32.5 Å². The van der Waals surface area contributed by atoms with E-state index in [1.54, 1.807) is 30.8 Å². The zero-order valence-corrected chi connectivity index (χ0v) is 41.0. The number of hydroxylamine groups is 1. The number of fused-ring (bicyclic) bond motifs is 4. The Morgan fingerprint density at radius 3 is 2.22 bits per heavy atom. The zero-order valence-electron chi connectivity index (χ0n) is 41.0. The minimum atomic E-state index is -0.710. The number of aldehydes is 1. The molecule has 3 saturated carbocycles. The Morgan fingerprint density at radius 1 is 1.03 bits per heavy atom. The number of pyridine rings is 1. The molecule has 3 fully saturated rings. The molecule has 68 heavy (non-hydrogen) atoms. The number of nitrogens with zero attached hydrogens (tertiary/aromatic N) is 5. The first kappa shape index (κ1) is 58.6. The van der Waals surface area contributed by atoms with Gasteiger partial charge in [0.2, 0.25) is 18.2 Å². The number of carbonyl (C=O) groups is 4. The Balaban J connectivity index is 0.000000546. The molecule has 2 bridgehead atoms. The molecule has 2 unspecified atom stereocenters. The standard InChI is InChI=1S/C31H35F2N9O2.C8H16O3.C5H13N.C3H8.CH3NO2/c1-17(37-26(43)15-34-2)31(44)38-22-9-5-19(6-10-22)16-42-30-23(12-21(32)13-36-30)27(41-42)29-35-14-24(33)28(40-29)39-25-11-18-3-7-20(25)8-4-18;1-8(2,7-10)3-5-11-6-4-9;1-5(2)3-4-6;1-3-2;3-1-2-4/h5-6,9-10,12-14,17-18,20,25,34H,3-4,7-8,11,15-16H2,1-2H3,(H,37,43)(H,38,44)(H,35,39,40);7,9H,3-6H2,1-2H3;5H,3-4,6H2,1-2H3;3H2,1-2H3;1,4H,(H,2,3). The summed E-state index contributed by atoms with van der Waals surface area (Å²) in [6.07, 6.45) is 12.2. The number of carbonyl (C=O) groups excluding carboxylic acids is 4. The van der Waals surface area contributed by atoms with E-state index in [4.69, 9.17) is 25.6 Å². The number of benzene rings is 1. The van der Waals surface area contributed by atoms with Crippen molar-refractivity contribution in [1.29, 1.82) is 0 Å². The van der Waals surface area contributed by atoms with Gasteiger partial charge in [-0.2, -0.15) is 5.10 Å². The molecule has 9 N–H and O–H groups in total. The topological polar surface area (TPSA) is 261 Å². The molecule has 20 heteroatoms. The van der Waals surface area contributed by atoms with Crippen LogP contribution in [0, 0.1) is 34.8 Å². The molecule has 0 radical (unpaired) electrons. The van der Waals surface area contributed by atoms with E-state index in [9.17, 15) is 23.2 Å². The van der Waals surface area contributed by atoms with Gasteiger partial charge in [0.15, 0.2) is 23.1 Å². The first-order valence-corrected chi connectivity index (χ1v) is 23.3. The van der Waals surface area contributed by atoms with E-state index in [1.807, 2.05) is 26.0 Å². The van der Waals surface area contributed by atoms with Crippen molar-refractivity contribution in [2.75, 3.05) is 50.6 Å². The number of halogens is 2. The van der Waals surface area contributed by atoms with Gasteiger partial charge < -0.3 is 41.6 Å². The molecule has 0 spiro atoms. The van der Waals surface area contributed by atoms with Gasteiger partial charge in [0.05, 0.1) is 44.1 Å². The molecule has 1 aromatic carbocycles. The first-order chi connectivity index (χ1) is 32.5. The van der Waals surface area contributed by atoms with Crippen LogP contribution >= 0.6 is 0 Å². The predicted octanol–water partition coefficient (Wildman–Crippen LogP) is 6.01. The van der Waals surface area contributed by atoms with E-state index in [0.29, 0.717) is 53.9 Å². The number of aliphatic hydroxyl groups is 1. The SMILES string of the molecule is CC(C)(C=O)CCOCCO.CC(C)CCN.CCC.CNCC(=O)NC(C)C(=O)Nc1ccc(Cn2nc(-c3ncc(F)c(NC4CC5CCC4CC5)n3)c3cc(F)cnc32)cc1.O=CNO. The van der Waals surface area contributed by atoms with E-state index < -0.39 is 17.7 Å². The number of rotatable bonds is 19. The van der Waals surface area contributed by atoms with Crippen LogP contribution in [-0.4, -0.2) is 112 Å². The van der Waals surface area contributed by atoms with Crippen molar-refractivity contribution in [3.05, 3.63) is 59.9 Å². The van der Waals surface area contributed by atoms with Crippen LogP contribution in [0.25, 0.3) is 22.6 Å². The molecule has 7 rings (SSSR count). The lowest BCUT2D eigenvalue weighted by Crippen LogP contribution is -2.44. The second-order valence-corrected chi connectivity index (χ2v) is 17.8. The first-order valence-electron chi connectivity index (χ1n) is 23.3. The average Bonchev–Trinajstić information content (AvgIpc) is 3.67. The summed E-state index contributed by atoms with van der Waals surface area (Å²) in [7, 11) is 1.65. The third kappa shape index (κ3) is 20.8. The molecule has 4 aromatic rings. The zero-order chi connectivity index (χ0) is 50.6. The number of amides is 3. The van der Waals surface area contributed by atoms with Gasteiger partial charge in [-0.25, -0.2) is 33.9 Å². The monoisotopic (exact) mass is 956 g/mol. The fraction of sp³-hybridized carbons (Fsp3) is 0.583. The van der Waals surface area contributed by atoms with Gasteiger partial charge in [-0.3, -0.25) is 19.6 Å². The van der Waals surface area contributed by atoms with Crippen molar-refractivity contribution < 1.29 is 43.0 Å². The molecular weight excluding hydrogens is 881 g/mol. The third-order valence-electron chi connectivity index (χ3n) is 10.8. The summed E-state index contributed by atoms with van der Waals surface area (Å²) in [6.45, 7) is 16.1. The third-order valence-corrected chi connectivity index (χ3v) is 10.8. The Hall–Kier alpha value is -5.54. The van der Waals surface area contributed by atoms with Crippen LogP contribution in [0.15, 0.2) is 42.7 Å². The van der Waals surface area contributed by atoms with Gasteiger partial charge in [-0.1, -0.05) is 72.9 Å². The maximum atomic E-state index is 14.9. The largest absolute Gasteiger partial charge is 0.394 e. The van der Waals surface area contributed by atoms with Gasteiger partial charge in [0.25, 0.3) is 0 Å². The Bertz CT molecular complexity index is 2100. The summed E-state index contributed by atoms with van der Waals surface area (Å²) in [5, 5.41) is 32.2. The summed E-state index contributed by atoms with van der Waals surface area (Å²) >= 11 is 0. The molecule has 3 aliphatic carbocycles. The summed E-state index contributed by atoms with van der Waals surface area (Å²) in [5.74, 6) is 0.561. The lowest BCUT2D eigenvalue weighted by atomic mass is 9.68. The Labute approximate surface area is 399 Å². The number of hydrogen-bond donors (Lipinski definition) is 8. The van der Waals surface area contributed by atoms with Gasteiger partial charge in [-0.05, 0) is 94.1 Å². The highest BCUT2D eigenvalue weighted by atomic mass is 19.1. The number of aliphatic hydroxyl groups excluding tert-OH is 1. The highest BCUT2D eigenvalue weighted by Crippen LogP contribution is 2.42.